The number of aliphatic hydroxyl groups is 1. The van der Waals surface area contributed by atoms with E-state index in [4.69, 9.17) is 9.84 Å². The minimum Gasteiger partial charge on any atom is -0.489 e. The summed E-state index contributed by atoms with van der Waals surface area (Å²) in [7, 11) is 0. The third-order valence-corrected chi connectivity index (χ3v) is 4.90. The van der Waals surface area contributed by atoms with E-state index in [0.717, 1.165) is 48.5 Å². The van der Waals surface area contributed by atoms with Crippen LogP contribution in [0.4, 0.5) is 0 Å². The number of aliphatic hydroxyl groups excluding tert-OH is 1. The minimum absolute atomic E-state index is 0.245. The molecule has 2 aliphatic heterocycles. The van der Waals surface area contributed by atoms with Crippen molar-refractivity contribution in [3.8, 4) is 5.75 Å². The molecule has 1 aromatic carbocycles. The summed E-state index contributed by atoms with van der Waals surface area (Å²) < 4.78 is 6.94. The second kappa shape index (κ2) is 7.13. The number of rotatable bonds is 4. The summed E-state index contributed by atoms with van der Waals surface area (Å²) in [6, 6.07) is 6.63. The maximum Gasteiger partial charge on any atom is 0.127 e. The molecule has 0 aliphatic carbocycles. The fraction of sp³-hybridized carbons (Fsp3) is 0.529. The lowest BCUT2D eigenvalue weighted by Gasteiger charge is -2.40. The van der Waals surface area contributed by atoms with Crippen LogP contribution >= 0.6 is 15.9 Å². The van der Waals surface area contributed by atoms with Crippen molar-refractivity contribution >= 4 is 22.0 Å². The molecule has 1 N–H and O–H groups in total. The summed E-state index contributed by atoms with van der Waals surface area (Å²) in [5.74, 6) is 0.966. The largest absolute Gasteiger partial charge is 0.489 e. The molecule has 0 amide bonds. The highest BCUT2D eigenvalue weighted by Crippen LogP contribution is 2.29. The van der Waals surface area contributed by atoms with E-state index in [1.54, 1.807) is 0 Å². The summed E-state index contributed by atoms with van der Waals surface area (Å²) in [6.45, 7) is 8.02. The molecular weight excluding hydrogens is 344 g/mol. The number of piperazine rings is 1. The Morgan fingerprint density at radius 2 is 2.23 bits per heavy atom. The molecule has 3 rings (SSSR count). The van der Waals surface area contributed by atoms with E-state index in [2.05, 4.69) is 44.8 Å². The summed E-state index contributed by atoms with van der Waals surface area (Å²) in [6.07, 6.45) is 2.26. The van der Waals surface area contributed by atoms with Gasteiger partial charge in [0.1, 0.15) is 12.4 Å². The van der Waals surface area contributed by atoms with Crippen LogP contribution in [0.2, 0.25) is 0 Å². The summed E-state index contributed by atoms with van der Waals surface area (Å²) in [4.78, 5) is 4.84. The van der Waals surface area contributed by atoms with Gasteiger partial charge in [-0.2, -0.15) is 0 Å². The molecule has 0 bridgehead atoms. The molecule has 1 aromatic rings. The number of hydrogen-bond acceptors (Lipinski definition) is 4. The van der Waals surface area contributed by atoms with Crippen LogP contribution in [0.15, 0.2) is 28.2 Å². The summed E-state index contributed by atoms with van der Waals surface area (Å²) in [5.41, 5.74) is 2.48. The minimum atomic E-state index is 0.245. The molecule has 2 heterocycles. The molecule has 0 radical (unpaired) electrons. The maximum absolute atomic E-state index is 9.09. The van der Waals surface area contributed by atoms with Crippen LogP contribution in [0, 0.1) is 0 Å². The van der Waals surface area contributed by atoms with E-state index in [9.17, 15) is 0 Å². The van der Waals surface area contributed by atoms with Gasteiger partial charge in [-0.1, -0.05) is 15.9 Å². The second-order valence-corrected chi connectivity index (χ2v) is 7.03. The van der Waals surface area contributed by atoms with Gasteiger partial charge in [-0.3, -0.25) is 9.80 Å². The first kappa shape index (κ1) is 16.0. The molecule has 22 heavy (non-hydrogen) atoms. The van der Waals surface area contributed by atoms with Gasteiger partial charge in [0, 0.05) is 48.8 Å². The Labute approximate surface area is 140 Å². The normalized spacial score (nSPS) is 22.9. The molecule has 0 aromatic heterocycles. The van der Waals surface area contributed by atoms with Crippen LogP contribution in [0.25, 0.3) is 6.08 Å². The lowest BCUT2D eigenvalue weighted by atomic mass is 10.1. The van der Waals surface area contributed by atoms with Gasteiger partial charge in [-0.25, -0.2) is 0 Å². The van der Waals surface area contributed by atoms with Crippen molar-refractivity contribution in [2.75, 3.05) is 45.9 Å². The van der Waals surface area contributed by atoms with Crippen LogP contribution in [-0.4, -0.2) is 66.9 Å². The van der Waals surface area contributed by atoms with Crippen molar-refractivity contribution in [1.82, 2.24) is 9.80 Å². The zero-order chi connectivity index (χ0) is 15.5. The molecule has 120 valence electrons. The van der Waals surface area contributed by atoms with Gasteiger partial charge < -0.3 is 9.84 Å². The number of β-amino-alcohol motifs (C(OH)–C–C–N with tert-alkyl or cyclic N) is 1. The first-order valence-electron chi connectivity index (χ1n) is 7.85. The molecule has 0 spiro atoms. The van der Waals surface area contributed by atoms with Crippen LogP contribution in [-0.2, 0) is 0 Å². The zero-order valence-electron chi connectivity index (χ0n) is 13.0. The highest BCUT2D eigenvalue weighted by atomic mass is 79.9. The van der Waals surface area contributed by atoms with E-state index >= 15 is 0 Å². The zero-order valence-corrected chi connectivity index (χ0v) is 14.6. The van der Waals surface area contributed by atoms with Gasteiger partial charge in [0.25, 0.3) is 0 Å². The van der Waals surface area contributed by atoms with Crippen LogP contribution in [0.1, 0.15) is 12.5 Å². The summed E-state index contributed by atoms with van der Waals surface area (Å²) in [5, 5.41) is 9.09. The van der Waals surface area contributed by atoms with Gasteiger partial charge in [-0.15, -0.1) is 0 Å². The van der Waals surface area contributed by atoms with E-state index < -0.39 is 0 Å². The van der Waals surface area contributed by atoms with Gasteiger partial charge in [0.05, 0.1) is 6.61 Å². The standard InChI is InChI=1S/C17H23BrN2O2/c1-13-10-19(4-5-20(13)6-7-21)11-14-8-15-9-16(18)2-3-17(15)22-12-14/h2-3,8-9,13,21H,4-7,10-12H2,1H3. The predicted molar refractivity (Wildman–Crippen MR) is 92.2 cm³/mol. The number of fused-ring (bicyclic) bond motifs is 1. The fourth-order valence-electron chi connectivity index (χ4n) is 3.25. The van der Waals surface area contributed by atoms with E-state index in [-0.39, 0.29) is 6.61 Å². The molecular formula is C17H23BrN2O2. The van der Waals surface area contributed by atoms with Crippen molar-refractivity contribution in [2.24, 2.45) is 0 Å². The smallest absolute Gasteiger partial charge is 0.127 e. The molecule has 5 heteroatoms. The predicted octanol–water partition coefficient (Wildman–Crippen LogP) is 2.22. The fourth-order valence-corrected chi connectivity index (χ4v) is 3.63. The van der Waals surface area contributed by atoms with Gasteiger partial charge >= 0.3 is 0 Å². The Balaban J connectivity index is 1.62. The average Bonchev–Trinajstić information content (AvgIpc) is 2.50. The quantitative estimate of drug-likeness (QED) is 0.886. The number of hydrogen-bond donors (Lipinski definition) is 1. The Morgan fingerprint density at radius 1 is 1.36 bits per heavy atom. The van der Waals surface area contributed by atoms with E-state index in [1.165, 1.54) is 5.57 Å². The molecule has 4 nitrogen and oxygen atoms in total. The van der Waals surface area contributed by atoms with Gasteiger partial charge in [0.15, 0.2) is 0 Å². The number of halogens is 1. The number of benzene rings is 1. The Morgan fingerprint density at radius 3 is 3.00 bits per heavy atom. The Hall–Kier alpha value is -0.880. The molecule has 2 aliphatic rings. The first-order valence-corrected chi connectivity index (χ1v) is 8.64. The Kier molecular flexibility index (Phi) is 5.18. The van der Waals surface area contributed by atoms with Crippen LogP contribution < -0.4 is 4.74 Å². The third-order valence-electron chi connectivity index (χ3n) is 4.41. The monoisotopic (exact) mass is 366 g/mol. The SMILES string of the molecule is CC1CN(CC2=Cc3cc(Br)ccc3OC2)CCN1CCO. The van der Waals surface area contributed by atoms with Gasteiger partial charge in [0.2, 0.25) is 0 Å². The number of ether oxygens (including phenoxy) is 1. The van der Waals surface area contributed by atoms with Crippen molar-refractivity contribution in [2.45, 2.75) is 13.0 Å². The number of nitrogens with zero attached hydrogens (tertiary/aromatic N) is 2. The van der Waals surface area contributed by atoms with Crippen LogP contribution in [0.3, 0.4) is 0 Å². The van der Waals surface area contributed by atoms with Crippen molar-refractivity contribution in [1.29, 1.82) is 0 Å². The molecule has 1 fully saturated rings. The highest BCUT2D eigenvalue weighted by molar-refractivity contribution is 9.10. The molecule has 1 atom stereocenters. The molecule has 1 saturated heterocycles. The first-order chi connectivity index (χ1) is 10.7. The van der Waals surface area contributed by atoms with E-state index in [1.807, 2.05) is 12.1 Å². The van der Waals surface area contributed by atoms with Crippen molar-refractivity contribution in [3.63, 3.8) is 0 Å². The maximum atomic E-state index is 9.09. The summed E-state index contributed by atoms with van der Waals surface area (Å²) >= 11 is 3.52. The van der Waals surface area contributed by atoms with Crippen molar-refractivity contribution in [3.05, 3.63) is 33.8 Å². The second-order valence-electron chi connectivity index (χ2n) is 6.12. The van der Waals surface area contributed by atoms with Crippen molar-refractivity contribution < 1.29 is 9.84 Å². The topological polar surface area (TPSA) is 35.9 Å². The molecule has 0 saturated carbocycles. The lowest BCUT2D eigenvalue weighted by molar-refractivity contribution is 0.0723. The van der Waals surface area contributed by atoms with Gasteiger partial charge in [-0.05, 0) is 36.8 Å². The lowest BCUT2D eigenvalue weighted by Crippen LogP contribution is -2.53. The highest BCUT2D eigenvalue weighted by Gasteiger charge is 2.24. The third kappa shape index (κ3) is 3.71. The average molecular weight is 367 g/mol. The Bertz CT molecular complexity index is 562. The van der Waals surface area contributed by atoms with E-state index in [0.29, 0.717) is 12.6 Å². The molecule has 1 unspecified atom stereocenters. The van der Waals surface area contributed by atoms with Crippen LogP contribution in [0.5, 0.6) is 5.75 Å².